The van der Waals surface area contributed by atoms with Crippen LogP contribution in [0.25, 0.3) is 0 Å². The number of hydrogen-bond donors (Lipinski definition) is 2. The van der Waals surface area contributed by atoms with Crippen LogP contribution in [0.15, 0.2) is 0 Å². The van der Waals surface area contributed by atoms with Gasteiger partial charge in [0.2, 0.25) is 0 Å². The summed E-state index contributed by atoms with van der Waals surface area (Å²) in [6, 6.07) is 0. The van der Waals surface area contributed by atoms with Crippen molar-refractivity contribution in [2.24, 2.45) is 11.7 Å². The molecule has 2 heteroatoms. The highest BCUT2D eigenvalue weighted by atomic mass is 14.9. The Kier molecular flexibility index (Phi) is 1.90. The van der Waals surface area contributed by atoms with Crippen molar-refractivity contribution in [3.8, 4) is 0 Å². The molecule has 0 spiro atoms. The maximum absolute atomic E-state index is 6.00. The van der Waals surface area contributed by atoms with Gasteiger partial charge >= 0.3 is 0 Å². The molecule has 0 aromatic carbocycles. The Labute approximate surface area is 68.5 Å². The molecule has 2 nitrogen and oxygen atoms in total. The van der Waals surface area contributed by atoms with Gasteiger partial charge in [0.25, 0.3) is 0 Å². The van der Waals surface area contributed by atoms with Crippen LogP contribution < -0.4 is 11.1 Å². The first-order chi connectivity index (χ1) is 5.29. The van der Waals surface area contributed by atoms with E-state index >= 15 is 0 Å². The Morgan fingerprint density at radius 2 is 2.27 bits per heavy atom. The average Bonchev–Trinajstić information content (AvgIpc) is 2.53. The lowest BCUT2D eigenvalue weighted by Gasteiger charge is -2.11. The molecule has 1 heterocycles. The molecule has 2 rings (SSSR count). The Morgan fingerprint density at radius 3 is 2.82 bits per heavy atom. The van der Waals surface area contributed by atoms with Gasteiger partial charge in [0.05, 0.1) is 0 Å². The van der Waals surface area contributed by atoms with Crippen LogP contribution in [0.1, 0.15) is 32.1 Å². The minimum absolute atomic E-state index is 0.280. The minimum atomic E-state index is 0.280. The third-order valence-corrected chi connectivity index (χ3v) is 3.11. The molecule has 2 aliphatic rings. The molecule has 1 atom stereocenters. The second-order valence-electron chi connectivity index (χ2n) is 4.26. The molecular weight excluding hydrogens is 136 g/mol. The second kappa shape index (κ2) is 2.76. The Balaban J connectivity index is 1.65. The summed E-state index contributed by atoms with van der Waals surface area (Å²) in [4.78, 5) is 0. The number of rotatable bonds is 3. The molecule has 0 aromatic heterocycles. The third-order valence-electron chi connectivity index (χ3n) is 3.11. The molecule has 11 heavy (non-hydrogen) atoms. The molecule has 1 saturated heterocycles. The van der Waals surface area contributed by atoms with Gasteiger partial charge < -0.3 is 11.1 Å². The highest BCUT2D eigenvalue weighted by Crippen LogP contribution is 2.38. The van der Waals surface area contributed by atoms with Crippen molar-refractivity contribution in [3.63, 3.8) is 0 Å². The van der Waals surface area contributed by atoms with E-state index in [1.165, 1.54) is 45.2 Å². The minimum Gasteiger partial charge on any atom is -0.325 e. The lowest BCUT2D eigenvalue weighted by molar-refractivity contribution is 0.460. The van der Waals surface area contributed by atoms with Crippen LogP contribution in [-0.2, 0) is 0 Å². The highest BCUT2D eigenvalue weighted by molar-refractivity contribution is 4.98. The van der Waals surface area contributed by atoms with Gasteiger partial charge in [0.15, 0.2) is 0 Å². The highest BCUT2D eigenvalue weighted by Gasteiger charge is 2.37. The molecule has 1 unspecified atom stereocenters. The summed E-state index contributed by atoms with van der Waals surface area (Å²) < 4.78 is 0. The van der Waals surface area contributed by atoms with Crippen molar-refractivity contribution in [1.82, 2.24) is 5.32 Å². The maximum atomic E-state index is 6.00. The smallest absolute Gasteiger partial charge is 0.0155 e. The van der Waals surface area contributed by atoms with Gasteiger partial charge in [0, 0.05) is 5.54 Å². The quantitative estimate of drug-likeness (QED) is 0.633. The van der Waals surface area contributed by atoms with E-state index in [1.807, 2.05) is 0 Å². The molecule has 3 N–H and O–H groups in total. The molecule has 0 aromatic rings. The zero-order valence-electron chi connectivity index (χ0n) is 7.10. The van der Waals surface area contributed by atoms with Crippen molar-refractivity contribution in [1.29, 1.82) is 0 Å². The fourth-order valence-corrected chi connectivity index (χ4v) is 1.86. The van der Waals surface area contributed by atoms with E-state index in [4.69, 9.17) is 5.73 Å². The summed E-state index contributed by atoms with van der Waals surface area (Å²) in [6.07, 6.45) is 6.53. The average molecular weight is 154 g/mol. The Bertz CT molecular complexity index is 134. The normalized spacial score (nSPS) is 34.1. The van der Waals surface area contributed by atoms with Gasteiger partial charge in [-0.2, -0.15) is 0 Å². The molecule has 1 saturated carbocycles. The molecular formula is C9H18N2. The van der Waals surface area contributed by atoms with Gasteiger partial charge in [-0.3, -0.25) is 0 Å². The molecule has 0 radical (unpaired) electrons. The predicted molar refractivity (Wildman–Crippen MR) is 46.4 cm³/mol. The van der Waals surface area contributed by atoms with E-state index in [1.54, 1.807) is 0 Å². The van der Waals surface area contributed by atoms with E-state index in [0.717, 1.165) is 5.92 Å². The largest absolute Gasteiger partial charge is 0.325 e. The van der Waals surface area contributed by atoms with Crippen molar-refractivity contribution < 1.29 is 0 Å². The van der Waals surface area contributed by atoms with Gasteiger partial charge in [-0.1, -0.05) is 0 Å². The summed E-state index contributed by atoms with van der Waals surface area (Å²) in [7, 11) is 0. The summed E-state index contributed by atoms with van der Waals surface area (Å²) in [5.41, 5.74) is 6.28. The SMILES string of the molecule is NC1(CCC2CCNC2)CC1. The first-order valence-corrected chi connectivity index (χ1v) is 4.78. The van der Waals surface area contributed by atoms with Crippen LogP contribution in [0.3, 0.4) is 0 Å². The third kappa shape index (κ3) is 1.94. The number of hydrogen-bond acceptors (Lipinski definition) is 2. The molecule has 0 amide bonds. The van der Waals surface area contributed by atoms with Gasteiger partial charge in [0.1, 0.15) is 0 Å². The van der Waals surface area contributed by atoms with E-state index in [0.29, 0.717) is 0 Å². The lowest BCUT2D eigenvalue weighted by Crippen LogP contribution is -2.22. The summed E-state index contributed by atoms with van der Waals surface area (Å²) in [5, 5.41) is 3.39. The zero-order chi connectivity index (χ0) is 7.73. The summed E-state index contributed by atoms with van der Waals surface area (Å²) in [6.45, 7) is 2.46. The van der Waals surface area contributed by atoms with E-state index in [9.17, 15) is 0 Å². The molecule has 0 bridgehead atoms. The second-order valence-corrected chi connectivity index (χ2v) is 4.26. The van der Waals surface area contributed by atoms with E-state index in [-0.39, 0.29) is 5.54 Å². The molecule has 1 aliphatic heterocycles. The zero-order valence-corrected chi connectivity index (χ0v) is 7.10. The number of nitrogens with two attached hydrogens (primary N) is 1. The van der Waals surface area contributed by atoms with Crippen molar-refractivity contribution >= 4 is 0 Å². The molecule has 64 valence electrons. The van der Waals surface area contributed by atoms with Crippen LogP contribution in [0.5, 0.6) is 0 Å². The molecule has 1 aliphatic carbocycles. The van der Waals surface area contributed by atoms with Gasteiger partial charge in [-0.05, 0) is 51.1 Å². The van der Waals surface area contributed by atoms with Crippen LogP contribution in [0.4, 0.5) is 0 Å². The van der Waals surface area contributed by atoms with Gasteiger partial charge in [-0.15, -0.1) is 0 Å². The fraction of sp³-hybridized carbons (Fsp3) is 1.00. The molecule has 2 fully saturated rings. The number of nitrogens with one attached hydrogen (secondary N) is 1. The van der Waals surface area contributed by atoms with Crippen molar-refractivity contribution in [2.45, 2.75) is 37.6 Å². The van der Waals surface area contributed by atoms with Crippen molar-refractivity contribution in [2.75, 3.05) is 13.1 Å². The van der Waals surface area contributed by atoms with Gasteiger partial charge in [-0.25, -0.2) is 0 Å². The van der Waals surface area contributed by atoms with Crippen LogP contribution in [0.2, 0.25) is 0 Å². The standard InChI is InChI=1S/C9H18N2/c10-9(4-5-9)3-1-8-2-6-11-7-8/h8,11H,1-7,10H2. The van der Waals surface area contributed by atoms with E-state index in [2.05, 4.69) is 5.32 Å². The fourth-order valence-electron chi connectivity index (χ4n) is 1.86. The Morgan fingerprint density at radius 1 is 1.45 bits per heavy atom. The Hall–Kier alpha value is -0.0800. The van der Waals surface area contributed by atoms with Crippen LogP contribution in [0, 0.1) is 5.92 Å². The first-order valence-electron chi connectivity index (χ1n) is 4.78. The first kappa shape index (κ1) is 7.56. The topological polar surface area (TPSA) is 38.0 Å². The summed E-state index contributed by atoms with van der Waals surface area (Å²) in [5.74, 6) is 0.927. The monoisotopic (exact) mass is 154 g/mol. The van der Waals surface area contributed by atoms with Crippen LogP contribution >= 0.6 is 0 Å². The lowest BCUT2D eigenvalue weighted by atomic mass is 9.98. The predicted octanol–water partition coefficient (Wildman–Crippen LogP) is 0.867. The summed E-state index contributed by atoms with van der Waals surface area (Å²) >= 11 is 0. The van der Waals surface area contributed by atoms with E-state index < -0.39 is 0 Å². The maximum Gasteiger partial charge on any atom is 0.0155 e. The van der Waals surface area contributed by atoms with Crippen LogP contribution in [-0.4, -0.2) is 18.6 Å². The van der Waals surface area contributed by atoms with Crippen molar-refractivity contribution in [3.05, 3.63) is 0 Å².